The summed E-state index contributed by atoms with van der Waals surface area (Å²) in [5, 5.41) is 6.98. The van der Waals surface area contributed by atoms with Gasteiger partial charge in [-0.25, -0.2) is 4.68 Å². The smallest absolute Gasteiger partial charge is 0.270 e. The molecule has 0 atom stereocenters. The highest BCUT2D eigenvalue weighted by Gasteiger charge is 2.19. The first-order valence-electron chi connectivity index (χ1n) is 8.25. The second-order valence-corrected chi connectivity index (χ2v) is 6.20. The Bertz CT molecular complexity index is 884. The lowest BCUT2D eigenvalue weighted by molar-refractivity contribution is -0.117. The molecule has 3 N–H and O–H groups in total. The Kier molecular flexibility index (Phi) is 4.65. The van der Waals surface area contributed by atoms with E-state index in [9.17, 15) is 14.4 Å². The topological polar surface area (TPSA) is 107 Å². The van der Waals surface area contributed by atoms with Crippen molar-refractivity contribution in [3.05, 3.63) is 57.0 Å². The van der Waals surface area contributed by atoms with E-state index in [2.05, 4.69) is 10.4 Å². The number of carbonyl (C=O) groups is 2. The predicted octanol–water partition coefficient (Wildman–Crippen LogP) is 1.17. The second kappa shape index (κ2) is 6.88. The first kappa shape index (κ1) is 16.9. The van der Waals surface area contributed by atoms with Gasteiger partial charge in [0.25, 0.3) is 5.56 Å². The SMILES string of the molecule is Cc1nn(CC(=O)Nc2ccc(C(N)=O)cc2)c(=O)c2c1CCCC2. The van der Waals surface area contributed by atoms with E-state index in [4.69, 9.17) is 5.73 Å². The summed E-state index contributed by atoms with van der Waals surface area (Å²) < 4.78 is 1.23. The molecule has 0 saturated carbocycles. The summed E-state index contributed by atoms with van der Waals surface area (Å²) in [6, 6.07) is 6.25. The van der Waals surface area contributed by atoms with Crippen LogP contribution in [0.3, 0.4) is 0 Å². The summed E-state index contributed by atoms with van der Waals surface area (Å²) in [6.07, 6.45) is 3.68. The van der Waals surface area contributed by atoms with Crippen molar-refractivity contribution in [2.24, 2.45) is 5.73 Å². The van der Waals surface area contributed by atoms with Crippen LogP contribution in [-0.4, -0.2) is 21.6 Å². The van der Waals surface area contributed by atoms with Crippen molar-refractivity contribution in [1.29, 1.82) is 0 Å². The quantitative estimate of drug-likeness (QED) is 0.871. The normalized spacial score (nSPS) is 13.2. The fourth-order valence-corrected chi connectivity index (χ4v) is 3.14. The number of benzene rings is 1. The molecule has 0 spiro atoms. The van der Waals surface area contributed by atoms with Crippen LogP contribution in [0.5, 0.6) is 0 Å². The van der Waals surface area contributed by atoms with Crippen molar-refractivity contribution < 1.29 is 9.59 Å². The molecule has 1 aromatic carbocycles. The van der Waals surface area contributed by atoms with Crippen LogP contribution in [0.25, 0.3) is 0 Å². The Hall–Kier alpha value is -2.96. The third kappa shape index (κ3) is 3.60. The minimum atomic E-state index is -0.529. The van der Waals surface area contributed by atoms with Crippen molar-refractivity contribution in [2.45, 2.75) is 39.2 Å². The number of rotatable bonds is 4. The molecular weight excluding hydrogens is 320 g/mol. The van der Waals surface area contributed by atoms with Crippen LogP contribution in [-0.2, 0) is 24.2 Å². The van der Waals surface area contributed by atoms with Crippen LogP contribution in [0.2, 0.25) is 0 Å². The number of aryl methyl sites for hydroxylation is 1. The van der Waals surface area contributed by atoms with E-state index >= 15 is 0 Å². The van der Waals surface area contributed by atoms with Gasteiger partial charge in [0, 0.05) is 16.8 Å². The van der Waals surface area contributed by atoms with E-state index in [-0.39, 0.29) is 18.0 Å². The van der Waals surface area contributed by atoms with Gasteiger partial charge in [-0.05, 0) is 62.4 Å². The molecule has 25 heavy (non-hydrogen) atoms. The van der Waals surface area contributed by atoms with Crippen molar-refractivity contribution in [2.75, 3.05) is 5.32 Å². The lowest BCUT2D eigenvalue weighted by atomic mass is 9.92. The van der Waals surface area contributed by atoms with Gasteiger partial charge in [0.1, 0.15) is 6.54 Å². The lowest BCUT2D eigenvalue weighted by Gasteiger charge is -2.18. The van der Waals surface area contributed by atoms with Gasteiger partial charge in [0.05, 0.1) is 5.69 Å². The zero-order valence-electron chi connectivity index (χ0n) is 14.0. The number of hydrogen-bond donors (Lipinski definition) is 2. The highest BCUT2D eigenvalue weighted by Crippen LogP contribution is 2.19. The number of hydrogen-bond acceptors (Lipinski definition) is 4. The van der Waals surface area contributed by atoms with Crippen LogP contribution in [0.15, 0.2) is 29.1 Å². The van der Waals surface area contributed by atoms with Gasteiger partial charge < -0.3 is 11.1 Å². The van der Waals surface area contributed by atoms with E-state index in [1.165, 1.54) is 16.8 Å². The summed E-state index contributed by atoms with van der Waals surface area (Å²) in [6.45, 7) is 1.73. The molecule has 3 rings (SSSR count). The van der Waals surface area contributed by atoms with E-state index in [1.54, 1.807) is 12.1 Å². The minimum absolute atomic E-state index is 0.148. The van der Waals surface area contributed by atoms with Gasteiger partial charge in [-0.15, -0.1) is 0 Å². The Morgan fingerprint density at radius 3 is 2.44 bits per heavy atom. The van der Waals surface area contributed by atoms with Crippen molar-refractivity contribution in [1.82, 2.24) is 9.78 Å². The van der Waals surface area contributed by atoms with Crippen LogP contribution in [0.4, 0.5) is 5.69 Å². The van der Waals surface area contributed by atoms with Crippen molar-refractivity contribution in [3.63, 3.8) is 0 Å². The Balaban J connectivity index is 1.76. The molecule has 0 radical (unpaired) electrons. The Morgan fingerprint density at radius 2 is 1.80 bits per heavy atom. The van der Waals surface area contributed by atoms with E-state index < -0.39 is 5.91 Å². The van der Waals surface area contributed by atoms with E-state index in [1.807, 2.05) is 6.92 Å². The lowest BCUT2D eigenvalue weighted by Crippen LogP contribution is -2.34. The number of nitrogens with one attached hydrogen (secondary N) is 1. The highest BCUT2D eigenvalue weighted by molar-refractivity contribution is 5.94. The maximum Gasteiger partial charge on any atom is 0.270 e. The summed E-state index contributed by atoms with van der Waals surface area (Å²) in [5.41, 5.74) is 8.53. The first-order valence-corrected chi connectivity index (χ1v) is 8.25. The summed E-state index contributed by atoms with van der Waals surface area (Å²) in [5.74, 6) is -0.880. The summed E-state index contributed by atoms with van der Waals surface area (Å²) >= 11 is 0. The van der Waals surface area contributed by atoms with Gasteiger partial charge in [-0.2, -0.15) is 5.10 Å². The van der Waals surface area contributed by atoms with Crippen LogP contribution in [0.1, 0.15) is 40.0 Å². The number of anilines is 1. The zero-order chi connectivity index (χ0) is 18.0. The van der Waals surface area contributed by atoms with Gasteiger partial charge in [-0.3, -0.25) is 14.4 Å². The molecule has 1 aromatic heterocycles. The number of primary amides is 1. The van der Waals surface area contributed by atoms with E-state index in [0.717, 1.165) is 42.5 Å². The van der Waals surface area contributed by atoms with Crippen LogP contribution >= 0.6 is 0 Å². The number of nitrogens with zero attached hydrogens (tertiary/aromatic N) is 2. The Labute approximate surface area is 144 Å². The molecule has 2 aromatic rings. The highest BCUT2D eigenvalue weighted by atomic mass is 16.2. The van der Waals surface area contributed by atoms with Gasteiger partial charge in [0.2, 0.25) is 11.8 Å². The van der Waals surface area contributed by atoms with Gasteiger partial charge in [0.15, 0.2) is 0 Å². The molecule has 0 unspecified atom stereocenters. The molecule has 1 aliphatic carbocycles. The summed E-state index contributed by atoms with van der Waals surface area (Å²) in [7, 11) is 0. The fraction of sp³-hybridized carbons (Fsp3) is 0.333. The van der Waals surface area contributed by atoms with Crippen LogP contribution < -0.4 is 16.6 Å². The molecule has 0 aliphatic heterocycles. The standard InChI is InChI=1S/C18H20N4O3/c1-11-14-4-2-3-5-15(14)18(25)22(21-11)10-16(23)20-13-8-6-12(7-9-13)17(19)24/h6-9H,2-5,10H2,1H3,(H2,19,24)(H,20,23). The average molecular weight is 340 g/mol. The molecular formula is C18H20N4O3. The third-order valence-electron chi connectivity index (χ3n) is 4.41. The van der Waals surface area contributed by atoms with Crippen molar-refractivity contribution in [3.8, 4) is 0 Å². The van der Waals surface area contributed by atoms with Crippen LogP contribution in [0, 0.1) is 6.92 Å². The number of aromatic nitrogens is 2. The third-order valence-corrected chi connectivity index (χ3v) is 4.41. The molecule has 0 fully saturated rings. The number of nitrogens with two attached hydrogens (primary N) is 1. The average Bonchev–Trinajstić information content (AvgIpc) is 2.60. The van der Waals surface area contributed by atoms with Gasteiger partial charge in [-0.1, -0.05) is 0 Å². The molecule has 0 bridgehead atoms. The predicted molar refractivity (Wildman–Crippen MR) is 93.5 cm³/mol. The molecule has 0 saturated heterocycles. The molecule has 1 aliphatic rings. The second-order valence-electron chi connectivity index (χ2n) is 6.20. The summed E-state index contributed by atoms with van der Waals surface area (Å²) in [4.78, 5) is 35.8. The van der Waals surface area contributed by atoms with Crippen molar-refractivity contribution >= 4 is 17.5 Å². The molecule has 7 nitrogen and oxygen atoms in total. The molecule has 7 heteroatoms. The largest absolute Gasteiger partial charge is 0.366 e. The molecule has 1 heterocycles. The molecule has 2 amide bonds. The number of carbonyl (C=O) groups excluding carboxylic acids is 2. The zero-order valence-corrected chi connectivity index (χ0v) is 14.0. The number of amides is 2. The maximum atomic E-state index is 12.5. The molecule has 130 valence electrons. The maximum absolute atomic E-state index is 12.5. The number of fused-ring (bicyclic) bond motifs is 1. The van der Waals surface area contributed by atoms with Gasteiger partial charge >= 0.3 is 0 Å². The monoisotopic (exact) mass is 340 g/mol. The first-order chi connectivity index (χ1) is 12.0. The minimum Gasteiger partial charge on any atom is -0.366 e. The van der Waals surface area contributed by atoms with E-state index in [0.29, 0.717) is 11.3 Å². The fourth-order valence-electron chi connectivity index (χ4n) is 3.14. The Morgan fingerprint density at radius 1 is 1.16 bits per heavy atom.